The third-order valence-electron chi connectivity index (χ3n) is 4.30. The van der Waals surface area contributed by atoms with Crippen molar-refractivity contribution in [1.82, 2.24) is 10.0 Å². The zero-order valence-electron chi connectivity index (χ0n) is 16.2. The molecule has 0 saturated carbocycles. The van der Waals surface area contributed by atoms with Gasteiger partial charge in [-0.1, -0.05) is 64.5 Å². The highest BCUT2D eigenvalue weighted by Crippen LogP contribution is 2.29. The Bertz CT molecular complexity index is 1110. The van der Waals surface area contributed by atoms with Crippen LogP contribution in [0.3, 0.4) is 0 Å². The summed E-state index contributed by atoms with van der Waals surface area (Å²) in [4.78, 5) is 12.4. The van der Waals surface area contributed by atoms with Gasteiger partial charge in [0.2, 0.25) is 0 Å². The van der Waals surface area contributed by atoms with Crippen LogP contribution in [-0.2, 0) is 16.6 Å². The van der Waals surface area contributed by atoms with E-state index in [4.69, 9.17) is 4.74 Å². The number of sulfonamides is 1. The van der Waals surface area contributed by atoms with Crippen molar-refractivity contribution in [3.8, 4) is 5.75 Å². The van der Waals surface area contributed by atoms with Crippen LogP contribution in [0.25, 0.3) is 0 Å². The molecule has 0 aliphatic heterocycles. The predicted molar refractivity (Wildman–Crippen MR) is 119 cm³/mol. The number of amides is 2. The van der Waals surface area contributed by atoms with Crippen LogP contribution < -0.4 is 14.8 Å². The van der Waals surface area contributed by atoms with Gasteiger partial charge in [-0.15, -0.1) is 0 Å². The van der Waals surface area contributed by atoms with Gasteiger partial charge in [-0.05, 0) is 42.8 Å². The molecule has 8 heteroatoms. The highest BCUT2D eigenvalue weighted by Gasteiger charge is 2.20. The van der Waals surface area contributed by atoms with Gasteiger partial charge in [0.25, 0.3) is 10.0 Å². The molecule has 2 amide bonds. The number of benzene rings is 3. The summed E-state index contributed by atoms with van der Waals surface area (Å²) < 4.78 is 33.5. The Morgan fingerprint density at radius 3 is 2.30 bits per heavy atom. The summed E-state index contributed by atoms with van der Waals surface area (Å²) in [6, 6.07) is 21.6. The number of nitrogens with one attached hydrogen (secondary N) is 2. The molecule has 6 nitrogen and oxygen atoms in total. The minimum atomic E-state index is -3.95. The van der Waals surface area contributed by atoms with Crippen LogP contribution in [0.2, 0.25) is 0 Å². The number of carbonyl (C=O) groups is 1. The van der Waals surface area contributed by atoms with Gasteiger partial charge >= 0.3 is 6.03 Å². The fourth-order valence-corrected chi connectivity index (χ4v) is 4.12. The van der Waals surface area contributed by atoms with Gasteiger partial charge in [0.1, 0.15) is 12.4 Å². The molecule has 30 heavy (non-hydrogen) atoms. The molecule has 1 unspecified atom stereocenters. The summed E-state index contributed by atoms with van der Waals surface area (Å²) >= 11 is 3.43. The predicted octanol–water partition coefficient (Wildman–Crippen LogP) is 4.78. The van der Waals surface area contributed by atoms with Crippen molar-refractivity contribution < 1.29 is 17.9 Å². The first kappa shape index (κ1) is 21.9. The number of carbonyl (C=O) groups excluding carboxylic acids is 1. The van der Waals surface area contributed by atoms with Gasteiger partial charge in [0.15, 0.2) is 0 Å². The van der Waals surface area contributed by atoms with Crippen molar-refractivity contribution >= 4 is 32.0 Å². The Morgan fingerprint density at radius 2 is 1.63 bits per heavy atom. The second-order valence-corrected chi connectivity index (χ2v) is 9.17. The number of rotatable bonds is 7. The molecule has 0 radical (unpaired) electrons. The molecular formula is C22H21BrN2O4S. The first-order valence-electron chi connectivity index (χ1n) is 9.20. The van der Waals surface area contributed by atoms with Crippen molar-refractivity contribution in [2.45, 2.75) is 24.5 Å². The second kappa shape index (κ2) is 9.77. The van der Waals surface area contributed by atoms with E-state index >= 15 is 0 Å². The van der Waals surface area contributed by atoms with E-state index in [9.17, 15) is 13.2 Å². The SMILES string of the molecule is CC(NC(=O)NS(=O)(=O)c1ccccc1)c1cc(Br)ccc1OCc1ccccc1. The Labute approximate surface area is 184 Å². The first-order chi connectivity index (χ1) is 14.3. The molecule has 156 valence electrons. The number of ether oxygens (including phenoxy) is 1. The lowest BCUT2D eigenvalue weighted by molar-refractivity contribution is 0.242. The molecular weight excluding hydrogens is 468 g/mol. The lowest BCUT2D eigenvalue weighted by atomic mass is 10.1. The van der Waals surface area contributed by atoms with E-state index in [-0.39, 0.29) is 4.90 Å². The summed E-state index contributed by atoms with van der Waals surface area (Å²) in [6.45, 7) is 2.13. The molecule has 0 spiro atoms. The van der Waals surface area contributed by atoms with Crippen molar-refractivity contribution in [3.63, 3.8) is 0 Å². The first-order valence-corrected chi connectivity index (χ1v) is 11.5. The van der Waals surface area contributed by atoms with E-state index in [1.807, 2.05) is 47.2 Å². The summed E-state index contributed by atoms with van der Waals surface area (Å²) in [5.74, 6) is 0.598. The minimum Gasteiger partial charge on any atom is -0.489 e. The maximum atomic E-state index is 12.3. The van der Waals surface area contributed by atoms with Gasteiger partial charge < -0.3 is 10.1 Å². The fourth-order valence-electron chi connectivity index (χ4n) is 2.81. The Hall–Kier alpha value is -2.84. The summed E-state index contributed by atoms with van der Waals surface area (Å²) in [5, 5.41) is 2.66. The molecule has 3 aromatic carbocycles. The third kappa shape index (κ3) is 5.84. The summed E-state index contributed by atoms with van der Waals surface area (Å²) in [6.07, 6.45) is 0. The highest BCUT2D eigenvalue weighted by molar-refractivity contribution is 9.10. The van der Waals surface area contributed by atoms with Crippen molar-refractivity contribution in [3.05, 3.63) is 94.5 Å². The van der Waals surface area contributed by atoms with Gasteiger partial charge in [-0.3, -0.25) is 0 Å². The normalized spacial score (nSPS) is 12.1. The van der Waals surface area contributed by atoms with Gasteiger partial charge in [0, 0.05) is 10.0 Å². The second-order valence-electron chi connectivity index (χ2n) is 6.57. The van der Waals surface area contributed by atoms with E-state index in [0.29, 0.717) is 17.9 Å². The van der Waals surface area contributed by atoms with E-state index < -0.39 is 22.1 Å². The Balaban J connectivity index is 1.70. The molecule has 0 heterocycles. The van der Waals surface area contributed by atoms with Crippen LogP contribution in [0.5, 0.6) is 5.75 Å². The van der Waals surface area contributed by atoms with Crippen LogP contribution >= 0.6 is 15.9 Å². The van der Waals surface area contributed by atoms with Gasteiger partial charge in [0.05, 0.1) is 10.9 Å². The molecule has 0 saturated heterocycles. The summed E-state index contributed by atoms with van der Waals surface area (Å²) in [7, 11) is -3.95. The average Bonchev–Trinajstić information content (AvgIpc) is 2.73. The third-order valence-corrected chi connectivity index (χ3v) is 6.14. The number of hydrogen-bond acceptors (Lipinski definition) is 4. The smallest absolute Gasteiger partial charge is 0.329 e. The molecule has 0 bridgehead atoms. The van der Waals surface area contributed by atoms with E-state index in [0.717, 1.165) is 10.0 Å². The quantitative estimate of drug-likeness (QED) is 0.501. The maximum absolute atomic E-state index is 12.3. The fraction of sp³-hybridized carbons (Fsp3) is 0.136. The molecule has 3 aromatic rings. The zero-order chi connectivity index (χ0) is 21.6. The summed E-state index contributed by atoms with van der Waals surface area (Å²) in [5.41, 5.74) is 1.73. The number of hydrogen-bond donors (Lipinski definition) is 2. The number of halogens is 1. The molecule has 1 atom stereocenters. The monoisotopic (exact) mass is 488 g/mol. The zero-order valence-corrected chi connectivity index (χ0v) is 18.6. The van der Waals surface area contributed by atoms with E-state index in [1.54, 1.807) is 31.2 Å². The van der Waals surface area contributed by atoms with Crippen LogP contribution in [0, 0.1) is 0 Å². The molecule has 0 aliphatic carbocycles. The van der Waals surface area contributed by atoms with Crippen molar-refractivity contribution in [2.24, 2.45) is 0 Å². The lowest BCUT2D eigenvalue weighted by Crippen LogP contribution is -2.40. The van der Waals surface area contributed by atoms with E-state index in [1.165, 1.54) is 12.1 Å². The van der Waals surface area contributed by atoms with Crippen LogP contribution in [0.15, 0.2) is 88.2 Å². The number of urea groups is 1. The molecule has 2 N–H and O–H groups in total. The van der Waals surface area contributed by atoms with Crippen molar-refractivity contribution in [2.75, 3.05) is 0 Å². The molecule has 0 aliphatic rings. The van der Waals surface area contributed by atoms with Gasteiger partial charge in [-0.2, -0.15) is 0 Å². The van der Waals surface area contributed by atoms with Crippen LogP contribution in [0.4, 0.5) is 4.79 Å². The highest BCUT2D eigenvalue weighted by atomic mass is 79.9. The Morgan fingerprint density at radius 1 is 1.00 bits per heavy atom. The molecule has 3 rings (SSSR count). The van der Waals surface area contributed by atoms with Gasteiger partial charge in [-0.25, -0.2) is 17.9 Å². The largest absolute Gasteiger partial charge is 0.489 e. The van der Waals surface area contributed by atoms with Crippen LogP contribution in [-0.4, -0.2) is 14.4 Å². The maximum Gasteiger partial charge on any atom is 0.329 e. The Kier molecular flexibility index (Phi) is 7.12. The standard InChI is InChI=1S/C22H21BrN2O4S/c1-16(24-22(26)25-30(27,28)19-10-6-3-7-11-19)20-14-18(23)12-13-21(20)29-15-17-8-4-2-5-9-17/h2-14,16H,15H2,1H3,(H2,24,25,26). The molecule has 0 aromatic heterocycles. The van der Waals surface area contributed by atoms with Crippen LogP contribution in [0.1, 0.15) is 24.1 Å². The lowest BCUT2D eigenvalue weighted by Gasteiger charge is -2.19. The molecule has 0 fully saturated rings. The average molecular weight is 489 g/mol. The topological polar surface area (TPSA) is 84.5 Å². The van der Waals surface area contributed by atoms with E-state index in [2.05, 4.69) is 21.2 Å². The van der Waals surface area contributed by atoms with Crippen molar-refractivity contribution in [1.29, 1.82) is 0 Å². The minimum absolute atomic E-state index is 0.0159.